The molecule has 0 radical (unpaired) electrons. The van der Waals surface area contributed by atoms with Crippen LogP contribution in [-0.2, 0) is 4.79 Å². The maximum Gasteiger partial charge on any atom is 0.336 e. The number of carbonyl (C=O) groups is 1. The third-order valence-electron chi connectivity index (χ3n) is 3.74. The SMILES string of the molecule is CCCCCCCC(=O)Nc1ccc2c(C)cc(=O)oc2c1. The van der Waals surface area contributed by atoms with E-state index >= 15 is 0 Å². The minimum Gasteiger partial charge on any atom is -0.423 e. The van der Waals surface area contributed by atoms with E-state index in [9.17, 15) is 9.59 Å². The van der Waals surface area contributed by atoms with Crippen molar-refractivity contribution in [1.29, 1.82) is 0 Å². The fourth-order valence-corrected chi connectivity index (χ4v) is 2.52. The number of fused-ring (bicyclic) bond motifs is 1. The van der Waals surface area contributed by atoms with Gasteiger partial charge in [0, 0.05) is 29.6 Å². The topological polar surface area (TPSA) is 59.3 Å². The number of rotatable bonds is 7. The molecule has 0 spiro atoms. The zero-order valence-corrected chi connectivity index (χ0v) is 13.3. The fourth-order valence-electron chi connectivity index (χ4n) is 2.52. The summed E-state index contributed by atoms with van der Waals surface area (Å²) in [4.78, 5) is 23.3. The number of benzene rings is 1. The van der Waals surface area contributed by atoms with Gasteiger partial charge >= 0.3 is 5.63 Å². The highest BCUT2D eigenvalue weighted by Crippen LogP contribution is 2.21. The lowest BCUT2D eigenvalue weighted by Gasteiger charge is -2.07. The van der Waals surface area contributed by atoms with Crippen molar-refractivity contribution < 1.29 is 9.21 Å². The summed E-state index contributed by atoms with van der Waals surface area (Å²) in [5, 5.41) is 3.75. The van der Waals surface area contributed by atoms with Crippen LogP contribution in [0.15, 0.2) is 33.5 Å². The summed E-state index contributed by atoms with van der Waals surface area (Å²) >= 11 is 0. The van der Waals surface area contributed by atoms with Gasteiger partial charge in [0.2, 0.25) is 5.91 Å². The minimum atomic E-state index is -0.371. The molecule has 1 aromatic heterocycles. The molecular formula is C18H23NO3. The van der Waals surface area contributed by atoms with Crippen molar-refractivity contribution >= 4 is 22.6 Å². The molecular weight excluding hydrogens is 278 g/mol. The molecule has 2 rings (SSSR count). The average molecular weight is 301 g/mol. The predicted octanol–water partition coefficient (Wildman–Crippen LogP) is 4.40. The van der Waals surface area contributed by atoms with Gasteiger partial charge in [-0.25, -0.2) is 4.79 Å². The molecule has 0 atom stereocenters. The molecule has 0 bridgehead atoms. The minimum absolute atomic E-state index is 0.00542. The highest BCUT2D eigenvalue weighted by Gasteiger charge is 2.06. The van der Waals surface area contributed by atoms with Crippen LogP contribution >= 0.6 is 0 Å². The molecule has 4 heteroatoms. The number of hydrogen-bond donors (Lipinski definition) is 1. The second-order valence-electron chi connectivity index (χ2n) is 5.67. The molecule has 0 aliphatic heterocycles. The number of carbonyl (C=O) groups excluding carboxylic acids is 1. The van der Waals surface area contributed by atoms with Crippen molar-refractivity contribution in [1.82, 2.24) is 0 Å². The second kappa shape index (κ2) is 7.78. The summed E-state index contributed by atoms with van der Waals surface area (Å²) < 4.78 is 5.18. The molecule has 118 valence electrons. The summed E-state index contributed by atoms with van der Waals surface area (Å²) in [6.07, 6.45) is 6.14. The quantitative estimate of drug-likeness (QED) is 0.609. The third-order valence-corrected chi connectivity index (χ3v) is 3.74. The maximum atomic E-state index is 11.9. The highest BCUT2D eigenvalue weighted by molar-refractivity contribution is 5.93. The third kappa shape index (κ3) is 4.45. The van der Waals surface area contributed by atoms with Gasteiger partial charge in [-0.1, -0.05) is 32.6 Å². The number of nitrogens with one attached hydrogen (secondary N) is 1. The Hall–Kier alpha value is -2.10. The standard InChI is InChI=1S/C18H23NO3/c1-3-4-5-6-7-8-17(20)19-14-9-10-15-13(2)11-18(21)22-16(15)12-14/h9-12H,3-8H2,1-2H3,(H,19,20). The lowest BCUT2D eigenvalue weighted by molar-refractivity contribution is -0.116. The smallest absolute Gasteiger partial charge is 0.336 e. The average Bonchev–Trinajstić information content (AvgIpc) is 2.46. The van der Waals surface area contributed by atoms with Gasteiger partial charge in [-0.2, -0.15) is 0 Å². The number of amides is 1. The zero-order chi connectivity index (χ0) is 15.9. The van der Waals surface area contributed by atoms with E-state index in [1.54, 1.807) is 6.07 Å². The van der Waals surface area contributed by atoms with E-state index in [0.29, 0.717) is 17.7 Å². The molecule has 0 unspecified atom stereocenters. The van der Waals surface area contributed by atoms with Crippen molar-refractivity contribution in [2.24, 2.45) is 0 Å². The van der Waals surface area contributed by atoms with Crippen LogP contribution < -0.4 is 10.9 Å². The van der Waals surface area contributed by atoms with E-state index in [1.807, 2.05) is 19.1 Å². The zero-order valence-electron chi connectivity index (χ0n) is 13.3. The van der Waals surface area contributed by atoms with E-state index in [0.717, 1.165) is 23.8 Å². The van der Waals surface area contributed by atoms with Crippen LogP contribution in [0, 0.1) is 6.92 Å². The lowest BCUT2D eigenvalue weighted by atomic mass is 10.1. The summed E-state index contributed by atoms with van der Waals surface area (Å²) in [7, 11) is 0. The summed E-state index contributed by atoms with van der Waals surface area (Å²) in [6.45, 7) is 4.04. The first-order chi connectivity index (χ1) is 10.6. The first-order valence-corrected chi connectivity index (χ1v) is 7.94. The van der Waals surface area contributed by atoms with Crippen LogP contribution in [0.4, 0.5) is 5.69 Å². The van der Waals surface area contributed by atoms with Crippen LogP contribution in [0.1, 0.15) is 51.0 Å². The molecule has 0 aliphatic carbocycles. The van der Waals surface area contributed by atoms with Gasteiger partial charge in [-0.15, -0.1) is 0 Å². The van der Waals surface area contributed by atoms with Gasteiger partial charge < -0.3 is 9.73 Å². The lowest BCUT2D eigenvalue weighted by Crippen LogP contribution is -2.11. The number of hydrogen-bond acceptors (Lipinski definition) is 3. The Kier molecular flexibility index (Phi) is 5.75. The van der Waals surface area contributed by atoms with E-state index in [4.69, 9.17) is 4.42 Å². The summed E-state index contributed by atoms with van der Waals surface area (Å²) in [6, 6.07) is 6.88. The van der Waals surface area contributed by atoms with Crippen molar-refractivity contribution in [2.45, 2.75) is 52.4 Å². The molecule has 1 amide bonds. The molecule has 0 saturated heterocycles. The molecule has 0 fully saturated rings. The predicted molar refractivity (Wildman–Crippen MR) is 89.2 cm³/mol. The van der Waals surface area contributed by atoms with Crippen molar-refractivity contribution in [2.75, 3.05) is 5.32 Å². The van der Waals surface area contributed by atoms with Crippen LogP contribution in [0.25, 0.3) is 11.0 Å². The van der Waals surface area contributed by atoms with Crippen LogP contribution in [0.3, 0.4) is 0 Å². The van der Waals surface area contributed by atoms with Gasteiger partial charge in [0.05, 0.1) is 0 Å². The number of unbranched alkanes of at least 4 members (excludes halogenated alkanes) is 4. The van der Waals surface area contributed by atoms with E-state index < -0.39 is 0 Å². The number of anilines is 1. The maximum absolute atomic E-state index is 11.9. The largest absolute Gasteiger partial charge is 0.423 e. The molecule has 0 aliphatic rings. The monoisotopic (exact) mass is 301 g/mol. The summed E-state index contributed by atoms with van der Waals surface area (Å²) in [5.74, 6) is 0.00542. The Bertz CT molecular complexity index is 703. The molecule has 0 saturated carbocycles. The van der Waals surface area contributed by atoms with Crippen molar-refractivity contribution in [3.05, 3.63) is 40.2 Å². The van der Waals surface area contributed by atoms with Crippen LogP contribution in [-0.4, -0.2) is 5.91 Å². The van der Waals surface area contributed by atoms with E-state index in [2.05, 4.69) is 12.2 Å². The van der Waals surface area contributed by atoms with Crippen LogP contribution in [0.2, 0.25) is 0 Å². The van der Waals surface area contributed by atoms with Crippen molar-refractivity contribution in [3.8, 4) is 0 Å². The highest BCUT2D eigenvalue weighted by atomic mass is 16.4. The Balaban J connectivity index is 1.97. The second-order valence-corrected chi connectivity index (χ2v) is 5.67. The van der Waals surface area contributed by atoms with Gasteiger partial charge in [-0.3, -0.25) is 4.79 Å². The van der Waals surface area contributed by atoms with Gasteiger partial charge in [0.25, 0.3) is 0 Å². The molecule has 1 heterocycles. The van der Waals surface area contributed by atoms with Crippen molar-refractivity contribution in [3.63, 3.8) is 0 Å². The Morgan fingerprint density at radius 1 is 1.14 bits per heavy atom. The van der Waals surface area contributed by atoms with Gasteiger partial charge in [0.15, 0.2) is 0 Å². The van der Waals surface area contributed by atoms with Gasteiger partial charge in [0.1, 0.15) is 5.58 Å². The molecule has 1 aromatic carbocycles. The molecule has 1 N–H and O–H groups in total. The van der Waals surface area contributed by atoms with E-state index in [1.165, 1.54) is 25.3 Å². The Labute approximate surface area is 130 Å². The van der Waals surface area contributed by atoms with Crippen LogP contribution in [0.5, 0.6) is 0 Å². The molecule has 2 aromatic rings. The normalized spacial score (nSPS) is 10.8. The fraction of sp³-hybridized carbons (Fsp3) is 0.444. The first-order valence-electron chi connectivity index (χ1n) is 7.94. The first kappa shape index (κ1) is 16.3. The number of aryl methyl sites for hydroxylation is 1. The van der Waals surface area contributed by atoms with E-state index in [-0.39, 0.29) is 11.5 Å². The Morgan fingerprint density at radius 2 is 1.91 bits per heavy atom. The molecule has 22 heavy (non-hydrogen) atoms. The summed E-state index contributed by atoms with van der Waals surface area (Å²) in [5.41, 5.74) is 1.68. The van der Waals surface area contributed by atoms with Gasteiger partial charge in [-0.05, 0) is 31.0 Å². The Morgan fingerprint density at radius 3 is 2.68 bits per heavy atom. The molecule has 4 nitrogen and oxygen atoms in total.